The van der Waals surface area contributed by atoms with Gasteiger partial charge in [-0.2, -0.15) is 0 Å². The zero-order valence-corrected chi connectivity index (χ0v) is 14.1. The first-order valence-electron chi connectivity index (χ1n) is 8.72. The SMILES string of the molecule is CCCC/C=C/CCCCc1cccc(OCC2(C)CO2)c1. The molecule has 122 valence electrons. The minimum Gasteiger partial charge on any atom is -0.490 e. The predicted octanol–water partition coefficient (Wildman–Crippen LogP) is 5.31. The third-order valence-electron chi connectivity index (χ3n) is 4.06. The largest absolute Gasteiger partial charge is 0.490 e. The van der Waals surface area contributed by atoms with Gasteiger partial charge in [-0.1, -0.05) is 44.1 Å². The van der Waals surface area contributed by atoms with E-state index in [1.807, 2.05) is 6.07 Å². The van der Waals surface area contributed by atoms with Crippen molar-refractivity contribution in [3.63, 3.8) is 0 Å². The maximum Gasteiger partial charge on any atom is 0.123 e. The second kappa shape index (κ2) is 8.99. The van der Waals surface area contributed by atoms with Gasteiger partial charge in [-0.3, -0.25) is 0 Å². The van der Waals surface area contributed by atoms with Crippen molar-refractivity contribution in [3.8, 4) is 5.75 Å². The molecule has 1 heterocycles. The van der Waals surface area contributed by atoms with Crippen molar-refractivity contribution in [3.05, 3.63) is 42.0 Å². The number of aryl methyl sites for hydroxylation is 1. The monoisotopic (exact) mass is 302 g/mol. The van der Waals surface area contributed by atoms with Crippen LogP contribution in [0, 0.1) is 0 Å². The van der Waals surface area contributed by atoms with Crippen molar-refractivity contribution in [2.75, 3.05) is 13.2 Å². The summed E-state index contributed by atoms with van der Waals surface area (Å²) < 4.78 is 11.2. The molecule has 1 aromatic rings. The van der Waals surface area contributed by atoms with Crippen molar-refractivity contribution in [2.45, 2.75) is 64.4 Å². The number of allylic oxidation sites excluding steroid dienone is 2. The van der Waals surface area contributed by atoms with E-state index in [1.54, 1.807) is 0 Å². The lowest BCUT2D eigenvalue weighted by molar-refractivity contribution is 0.202. The van der Waals surface area contributed by atoms with Gasteiger partial charge in [0.25, 0.3) is 0 Å². The Hall–Kier alpha value is -1.28. The minimum atomic E-state index is -0.0416. The van der Waals surface area contributed by atoms with Crippen LogP contribution < -0.4 is 4.74 Å². The van der Waals surface area contributed by atoms with E-state index < -0.39 is 0 Å². The zero-order valence-electron chi connectivity index (χ0n) is 14.1. The number of epoxide rings is 1. The zero-order chi connectivity index (χ0) is 15.7. The van der Waals surface area contributed by atoms with Crippen LogP contribution in [-0.2, 0) is 11.2 Å². The van der Waals surface area contributed by atoms with Crippen molar-refractivity contribution in [1.29, 1.82) is 0 Å². The fourth-order valence-corrected chi connectivity index (χ4v) is 2.38. The fourth-order valence-electron chi connectivity index (χ4n) is 2.38. The Bertz CT molecular complexity index is 461. The third-order valence-corrected chi connectivity index (χ3v) is 4.06. The molecular formula is C20H30O2. The van der Waals surface area contributed by atoms with E-state index in [0.29, 0.717) is 6.61 Å². The van der Waals surface area contributed by atoms with Crippen molar-refractivity contribution in [1.82, 2.24) is 0 Å². The number of unbranched alkanes of at least 4 members (excludes halogenated alkanes) is 4. The highest BCUT2D eigenvalue weighted by Gasteiger charge is 2.40. The van der Waals surface area contributed by atoms with Gasteiger partial charge in [0.05, 0.1) is 6.61 Å². The van der Waals surface area contributed by atoms with Crippen LogP contribution in [0.25, 0.3) is 0 Å². The molecule has 0 amide bonds. The first-order valence-corrected chi connectivity index (χ1v) is 8.72. The summed E-state index contributed by atoms with van der Waals surface area (Å²) in [6.45, 7) is 5.80. The summed E-state index contributed by atoms with van der Waals surface area (Å²) in [6.07, 6.45) is 13.3. The third kappa shape index (κ3) is 6.65. The van der Waals surface area contributed by atoms with E-state index in [1.165, 1.54) is 44.1 Å². The second-order valence-corrected chi connectivity index (χ2v) is 6.53. The summed E-state index contributed by atoms with van der Waals surface area (Å²) >= 11 is 0. The molecule has 1 aromatic carbocycles. The molecule has 0 spiro atoms. The van der Waals surface area contributed by atoms with Gasteiger partial charge >= 0.3 is 0 Å². The van der Waals surface area contributed by atoms with Crippen molar-refractivity contribution >= 4 is 0 Å². The van der Waals surface area contributed by atoms with Crippen LogP contribution in [0.15, 0.2) is 36.4 Å². The molecule has 0 N–H and O–H groups in total. The van der Waals surface area contributed by atoms with Gasteiger partial charge < -0.3 is 9.47 Å². The summed E-state index contributed by atoms with van der Waals surface area (Å²) in [7, 11) is 0. The predicted molar refractivity (Wildman–Crippen MR) is 92.5 cm³/mol. The molecule has 2 rings (SSSR count). The first kappa shape index (κ1) is 17.1. The van der Waals surface area contributed by atoms with Gasteiger partial charge in [0, 0.05) is 0 Å². The Kier molecular flexibility index (Phi) is 6.98. The quantitative estimate of drug-likeness (QED) is 0.314. The highest BCUT2D eigenvalue weighted by Crippen LogP contribution is 2.27. The van der Waals surface area contributed by atoms with Gasteiger partial charge in [0.2, 0.25) is 0 Å². The first-order chi connectivity index (χ1) is 10.7. The molecular weight excluding hydrogens is 272 g/mol. The van der Waals surface area contributed by atoms with Crippen molar-refractivity contribution in [2.24, 2.45) is 0 Å². The molecule has 1 unspecified atom stereocenters. The fraction of sp³-hybridized carbons (Fsp3) is 0.600. The normalized spacial score (nSPS) is 20.5. The summed E-state index contributed by atoms with van der Waals surface area (Å²) in [6, 6.07) is 8.49. The van der Waals surface area contributed by atoms with Crippen LogP contribution in [-0.4, -0.2) is 18.8 Å². The van der Waals surface area contributed by atoms with Crippen LogP contribution in [0.2, 0.25) is 0 Å². The maximum atomic E-state index is 5.82. The highest BCUT2D eigenvalue weighted by atomic mass is 16.6. The molecule has 2 heteroatoms. The lowest BCUT2D eigenvalue weighted by Gasteiger charge is -2.10. The molecule has 22 heavy (non-hydrogen) atoms. The number of hydrogen-bond acceptors (Lipinski definition) is 2. The van der Waals surface area contributed by atoms with Gasteiger partial charge in [-0.15, -0.1) is 0 Å². The Morgan fingerprint density at radius 1 is 1.18 bits per heavy atom. The average molecular weight is 302 g/mol. The topological polar surface area (TPSA) is 21.8 Å². The van der Waals surface area contributed by atoms with E-state index in [0.717, 1.165) is 18.8 Å². The molecule has 1 aliphatic heterocycles. The second-order valence-electron chi connectivity index (χ2n) is 6.53. The van der Waals surface area contributed by atoms with Crippen LogP contribution in [0.3, 0.4) is 0 Å². The summed E-state index contributed by atoms with van der Waals surface area (Å²) in [5.41, 5.74) is 1.33. The van der Waals surface area contributed by atoms with Crippen molar-refractivity contribution < 1.29 is 9.47 Å². The molecule has 1 fully saturated rings. The Balaban J connectivity index is 1.62. The molecule has 0 radical (unpaired) electrons. The van der Waals surface area contributed by atoms with Gasteiger partial charge in [0.1, 0.15) is 18.0 Å². The number of ether oxygens (including phenoxy) is 2. The number of benzene rings is 1. The van der Waals surface area contributed by atoms with Gasteiger partial charge in [0.15, 0.2) is 0 Å². The van der Waals surface area contributed by atoms with Crippen LogP contribution >= 0.6 is 0 Å². The van der Waals surface area contributed by atoms with E-state index in [-0.39, 0.29) is 5.60 Å². The molecule has 0 aromatic heterocycles. The number of rotatable bonds is 11. The van der Waals surface area contributed by atoms with E-state index in [2.05, 4.69) is 44.2 Å². The highest BCUT2D eigenvalue weighted by molar-refractivity contribution is 5.28. The summed E-state index contributed by atoms with van der Waals surface area (Å²) in [5, 5.41) is 0. The van der Waals surface area contributed by atoms with Gasteiger partial charge in [-0.05, 0) is 56.7 Å². The molecule has 0 bridgehead atoms. The van der Waals surface area contributed by atoms with E-state index >= 15 is 0 Å². The molecule has 0 saturated carbocycles. The average Bonchev–Trinajstić information content (AvgIpc) is 3.27. The van der Waals surface area contributed by atoms with Crippen LogP contribution in [0.4, 0.5) is 0 Å². The Labute approximate surface area is 135 Å². The van der Waals surface area contributed by atoms with E-state index in [4.69, 9.17) is 9.47 Å². The lowest BCUT2D eigenvalue weighted by Crippen LogP contribution is -2.16. The summed E-state index contributed by atoms with van der Waals surface area (Å²) in [4.78, 5) is 0. The molecule has 1 aliphatic rings. The molecule has 1 atom stereocenters. The number of hydrogen-bond donors (Lipinski definition) is 0. The van der Waals surface area contributed by atoms with Crippen LogP contribution in [0.5, 0.6) is 5.75 Å². The Morgan fingerprint density at radius 3 is 2.68 bits per heavy atom. The minimum absolute atomic E-state index is 0.0416. The van der Waals surface area contributed by atoms with Gasteiger partial charge in [-0.25, -0.2) is 0 Å². The standard InChI is InChI=1S/C20H30O2/c1-3-4-5-6-7-8-9-10-12-18-13-11-14-19(15-18)21-16-20(2)17-22-20/h6-7,11,13-15H,3-5,8-10,12,16-17H2,1-2H3/b7-6+. The smallest absolute Gasteiger partial charge is 0.123 e. The molecule has 1 saturated heterocycles. The Morgan fingerprint density at radius 2 is 1.95 bits per heavy atom. The molecule has 2 nitrogen and oxygen atoms in total. The maximum absolute atomic E-state index is 5.82. The lowest BCUT2D eigenvalue weighted by atomic mass is 10.1. The summed E-state index contributed by atoms with van der Waals surface area (Å²) in [5.74, 6) is 0.966. The van der Waals surface area contributed by atoms with Crippen LogP contribution in [0.1, 0.15) is 57.9 Å². The molecule has 0 aliphatic carbocycles. The van der Waals surface area contributed by atoms with E-state index in [9.17, 15) is 0 Å².